The largest absolute Gasteiger partial charge is 0.293 e. The smallest absolute Gasteiger partial charge is 0.268 e. The lowest BCUT2D eigenvalue weighted by Gasteiger charge is -2.13. The van der Waals surface area contributed by atoms with Gasteiger partial charge in [0.05, 0.1) is 23.1 Å². The molecule has 3 rings (SSSR count). The highest BCUT2D eigenvalue weighted by Crippen LogP contribution is 2.34. The number of halogens is 2. The van der Waals surface area contributed by atoms with Crippen LogP contribution in [0, 0.1) is 11.3 Å². The summed E-state index contributed by atoms with van der Waals surface area (Å²) < 4.78 is 0. The van der Waals surface area contributed by atoms with Crippen molar-refractivity contribution < 1.29 is 9.59 Å². The van der Waals surface area contributed by atoms with E-state index < -0.39 is 0 Å². The number of thioether (sulfide) groups is 1. The molecule has 7 heteroatoms. The Labute approximate surface area is 158 Å². The predicted molar refractivity (Wildman–Crippen MR) is 99.1 cm³/mol. The van der Waals surface area contributed by atoms with E-state index in [1.807, 2.05) is 6.07 Å². The van der Waals surface area contributed by atoms with Crippen molar-refractivity contribution in [3.8, 4) is 6.07 Å². The highest BCUT2D eigenvalue weighted by Gasteiger charge is 2.35. The van der Waals surface area contributed by atoms with E-state index in [-0.39, 0.29) is 17.7 Å². The van der Waals surface area contributed by atoms with Gasteiger partial charge in [-0.05, 0) is 53.2 Å². The number of benzene rings is 2. The van der Waals surface area contributed by atoms with Crippen molar-refractivity contribution in [2.45, 2.75) is 6.54 Å². The van der Waals surface area contributed by atoms with Crippen LogP contribution in [0.5, 0.6) is 0 Å². The number of carbonyl (C=O) groups excluding carboxylic acids is 2. The SMILES string of the molecule is N#Cc1ccc(/C=C2/SC(=O)N(Cc3ccc(Cl)cc3Cl)C2=O)cc1. The standard InChI is InChI=1S/C18H10Cl2N2O2S/c19-14-6-5-13(15(20)8-14)10-22-17(23)16(25-18(22)24)7-11-1-3-12(9-21)4-2-11/h1-8H,10H2/b16-7+. The minimum atomic E-state index is -0.370. The van der Waals surface area contributed by atoms with Crippen molar-refractivity contribution >= 4 is 52.2 Å². The first-order chi connectivity index (χ1) is 12.0. The van der Waals surface area contributed by atoms with Gasteiger partial charge in [0.15, 0.2) is 0 Å². The molecule has 2 aromatic rings. The maximum Gasteiger partial charge on any atom is 0.293 e. The molecule has 1 heterocycles. The average Bonchev–Trinajstić information content (AvgIpc) is 2.85. The van der Waals surface area contributed by atoms with E-state index in [2.05, 4.69) is 0 Å². The van der Waals surface area contributed by atoms with E-state index in [4.69, 9.17) is 28.5 Å². The Morgan fingerprint density at radius 3 is 2.48 bits per heavy atom. The second-order valence-corrected chi connectivity index (χ2v) is 7.07. The number of rotatable bonds is 3. The number of hydrogen-bond donors (Lipinski definition) is 0. The molecule has 0 spiro atoms. The summed E-state index contributed by atoms with van der Waals surface area (Å²) in [4.78, 5) is 26.2. The number of hydrogen-bond acceptors (Lipinski definition) is 4. The van der Waals surface area contributed by atoms with Gasteiger partial charge in [-0.25, -0.2) is 0 Å². The molecule has 4 nitrogen and oxygen atoms in total. The maximum absolute atomic E-state index is 12.5. The first kappa shape index (κ1) is 17.6. The zero-order valence-electron chi connectivity index (χ0n) is 12.7. The maximum atomic E-state index is 12.5. The van der Waals surface area contributed by atoms with Gasteiger partial charge in [0.1, 0.15) is 0 Å². The highest BCUT2D eigenvalue weighted by molar-refractivity contribution is 8.18. The topological polar surface area (TPSA) is 61.2 Å². The highest BCUT2D eigenvalue weighted by atomic mass is 35.5. The van der Waals surface area contributed by atoms with Gasteiger partial charge in [0.2, 0.25) is 0 Å². The summed E-state index contributed by atoms with van der Waals surface area (Å²) in [5.41, 5.74) is 1.92. The fourth-order valence-electron chi connectivity index (χ4n) is 2.26. The minimum Gasteiger partial charge on any atom is -0.268 e. The van der Waals surface area contributed by atoms with Crippen LogP contribution in [0.1, 0.15) is 16.7 Å². The Balaban J connectivity index is 1.82. The first-order valence-corrected chi connectivity index (χ1v) is 8.74. The Morgan fingerprint density at radius 1 is 1.12 bits per heavy atom. The first-order valence-electron chi connectivity index (χ1n) is 7.17. The predicted octanol–water partition coefficient (Wildman–Crippen LogP) is 5.10. The normalized spacial score (nSPS) is 15.7. The Hall–Kier alpha value is -2.26. The van der Waals surface area contributed by atoms with E-state index in [0.717, 1.165) is 22.2 Å². The molecule has 0 unspecified atom stereocenters. The van der Waals surface area contributed by atoms with Crippen molar-refractivity contribution in [2.75, 3.05) is 0 Å². The van der Waals surface area contributed by atoms with Gasteiger partial charge in [0, 0.05) is 10.0 Å². The molecule has 0 aromatic heterocycles. The molecule has 2 aromatic carbocycles. The molecule has 25 heavy (non-hydrogen) atoms. The van der Waals surface area contributed by atoms with Crippen molar-refractivity contribution in [3.05, 3.63) is 74.1 Å². The summed E-state index contributed by atoms with van der Waals surface area (Å²) in [5.74, 6) is -0.370. The molecule has 0 atom stereocenters. The fourth-order valence-corrected chi connectivity index (χ4v) is 3.57. The van der Waals surface area contributed by atoms with E-state index in [1.54, 1.807) is 48.5 Å². The third-order valence-corrected chi connectivity index (χ3v) is 5.05. The molecule has 0 radical (unpaired) electrons. The number of imide groups is 1. The lowest BCUT2D eigenvalue weighted by molar-refractivity contribution is -0.123. The minimum absolute atomic E-state index is 0.0887. The zero-order chi connectivity index (χ0) is 18.0. The molecular weight excluding hydrogens is 379 g/mol. The molecular formula is C18H10Cl2N2O2S. The summed E-state index contributed by atoms with van der Waals surface area (Å²) in [6, 6.07) is 13.7. The number of nitrogens with zero attached hydrogens (tertiary/aromatic N) is 2. The van der Waals surface area contributed by atoms with Crippen LogP contribution in [0.25, 0.3) is 6.08 Å². The van der Waals surface area contributed by atoms with E-state index >= 15 is 0 Å². The van der Waals surface area contributed by atoms with E-state index in [1.165, 1.54) is 0 Å². The second kappa shape index (κ2) is 7.32. The molecule has 0 aliphatic carbocycles. The van der Waals surface area contributed by atoms with Crippen molar-refractivity contribution in [1.29, 1.82) is 5.26 Å². The van der Waals surface area contributed by atoms with Crippen molar-refractivity contribution in [3.63, 3.8) is 0 Å². The van der Waals surface area contributed by atoms with Gasteiger partial charge in [-0.15, -0.1) is 0 Å². The van der Waals surface area contributed by atoms with E-state index in [9.17, 15) is 9.59 Å². The van der Waals surface area contributed by atoms with Gasteiger partial charge >= 0.3 is 0 Å². The van der Waals surface area contributed by atoms with Crippen LogP contribution in [0.3, 0.4) is 0 Å². The van der Waals surface area contributed by atoms with Crippen LogP contribution < -0.4 is 0 Å². The summed E-state index contributed by atoms with van der Waals surface area (Å²) in [6.07, 6.45) is 1.63. The number of carbonyl (C=O) groups is 2. The van der Waals surface area contributed by atoms with Crippen molar-refractivity contribution in [2.24, 2.45) is 0 Å². The average molecular weight is 389 g/mol. The summed E-state index contributed by atoms with van der Waals surface area (Å²) >= 11 is 12.9. The molecule has 0 N–H and O–H groups in total. The quantitative estimate of drug-likeness (QED) is 0.685. The third kappa shape index (κ3) is 3.88. The lowest BCUT2D eigenvalue weighted by atomic mass is 10.1. The second-order valence-electron chi connectivity index (χ2n) is 5.24. The monoisotopic (exact) mass is 388 g/mol. The molecule has 0 bridgehead atoms. The van der Waals surface area contributed by atoms with Crippen LogP contribution in [0.15, 0.2) is 47.4 Å². The van der Waals surface area contributed by atoms with Gasteiger partial charge in [-0.1, -0.05) is 41.4 Å². The van der Waals surface area contributed by atoms with E-state index in [0.29, 0.717) is 26.1 Å². The van der Waals surface area contributed by atoms with Crippen molar-refractivity contribution in [1.82, 2.24) is 4.90 Å². The van der Waals surface area contributed by atoms with Gasteiger partial charge in [-0.3, -0.25) is 14.5 Å². The fraction of sp³-hybridized carbons (Fsp3) is 0.0556. The molecule has 1 aliphatic rings. The molecule has 124 valence electrons. The van der Waals surface area contributed by atoms with Crippen LogP contribution in [0.4, 0.5) is 4.79 Å². The Kier molecular flexibility index (Phi) is 5.14. The third-order valence-electron chi connectivity index (χ3n) is 3.55. The molecule has 1 fully saturated rings. The summed E-state index contributed by atoms with van der Waals surface area (Å²) in [5, 5.41) is 9.35. The molecule has 1 aliphatic heterocycles. The summed E-state index contributed by atoms with van der Waals surface area (Å²) in [6.45, 7) is 0.0887. The zero-order valence-corrected chi connectivity index (χ0v) is 15.0. The van der Waals surface area contributed by atoms with Crippen LogP contribution in [0.2, 0.25) is 10.0 Å². The lowest BCUT2D eigenvalue weighted by Crippen LogP contribution is -2.27. The Morgan fingerprint density at radius 2 is 1.84 bits per heavy atom. The molecule has 0 saturated carbocycles. The molecule has 1 saturated heterocycles. The van der Waals surface area contributed by atoms with Gasteiger partial charge in [-0.2, -0.15) is 5.26 Å². The van der Waals surface area contributed by atoms with Crippen LogP contribution in [-0.2, 0) is 11.3 Å². The number of nitriles is 1. The summed E-state index contributed by atoms with van der Waals surface area (Å²) in [7, 11) is 0. The van der Waals surface area contributed by atoms with Gasteiger partial charge in [0.25, 0.3) is 11.1 Å². The van der Waals surface area contributed by atoms with Gasteiger partial charge < -0.3 is 0 Å². The molecule has 2 amide bonds. The number of amides is 2. The van der Waals surface area contributed by atoms with Crippen LogP contribution >= 0.6 is 35.0 Å². The Bertz CT molecular complexity index is 933. The van der Waals surface area contributed by atoms with Crippen LogP contribution in [-0.4, -0.2) is 16.0 Å².